The molecular formula is C40H36BrF12NO4. The molecule has 0 saturated carbocycles. The number of benzene rings is 4. The topological polar surface area (TPSA) is 36.9 Å². The van der Waals surface area contributed by atoms with Gasteiger partial charge < -0.3 is 40.4 Å². The van der Waals surface area contributed by atoms with Crippen LogP contribution in [-0.2, 0) is 70.1 Å². The molecule has 2 aliphatic heterocycles. The van der Waals surface area contributed by atoms with Crippen molar-refractivity contribution in [2.45, 2.75) is 75.5 Å². The molecule has 5 nitrogen and oxygen atoms in total. The molecule has 0 N–H and O–H groups in total. The number of hydrogen-bond donors (Lipinski definition) is 0. The summed E-state index contributed by atoms with van der Waals surface area (Å²) in [5.41, 5.74) is -4.65. The SMILES string of the molecule is FC(F)(F)c1ccccc1CO[C@H]1C[N+]2(C[C@@H]1OCc1ccccc1C(F)(F)F)C[C@H](OCc1ccccc1C(F)(F)F)[C@@H](OCc1ccccc1C(F)(F)F)C2.[Br-]. The Morgan fingerprint density at radius 2 is 0.552 bits per heavy atom. The highest BCUT2D eigenvalue weighted by Gasteiger charge is 2.55. The highest BCUT2D eigenvalue weighted by atomic mass is 79.9. The average Bonchev–Trinajstić information content (AvgIpc) is 3.67. The van der Waals surface area contributed by atoms with Crippen molar-refractivity contribution in [3.8, 4) is 0 Å². The molecule has 4 atom stereocenters. The Hall–Kier alpha value is -3.68. The van der Waals surface area contributed by atoms with Crippen molar-refractivity contribution in [3.63, 3.8) is 0 Å². The van der Waals surface area contributed by atoms with Crippen LogP contribution in [0.25, 0.3) is 0 Å². The van der Waals surface area contributed by atoms with Gasteiger partial charge in [-0.1, -0.05) is 72.8 Å². The summed E-state index contributed by atoms with van der Waals surface area (Å²) in [6, 6.07) is 18.8. The summed E-state index contributed by atoms with van der Waals surface area (Å²) in [5.74, 6) is 0. The fraction of sp³-hybridized carbons (Fsp3) is 0.400. The average molecular weight is 903 g/mol. The third-order valence-corrected chi connectivity index (χ3v) is 10.2. The zero-order valence-electron chi connectivity index (χ0n) is 30.2. The van der Waals surface area contributed by atoms with Crippen molar-refractivity contribution in [2.24, 2.45) is 0 Å². The Bertz CT molecular complexity index is 1700. The zero-order valence-corrected chi connectivity index (χ0v) is 31.8. The van der Waals surface area contributed by atoms with Crippen LogP contribution in [0.3, 0.4) is 0 Å². The van der Waals surface area contributed by atoms with Crippen LogP contribution in [0.4, 0.5) is 52.7 Å². The molecule has 18 heteroatoms. The van der Waals surface area contributed by atoms with E-state index in [1.807, 2.05) is 0 Å². The minimum absolute atomic E-state index is 0. The van der Waals surface area contributed by atoms with Crippen LogP contribution in [-0.4, -0.2) is 55.1 Å². The van der Waals surface area contributed by atoms with Gasteiger partial charge in [-0.15, -0.1) is 0 Å². The van der Waals surface area contributed by atoms with Crippen LogP contribution in [0, 0.1) is 0 Å². The molecule has 0 radical (unpaired) electrons. The van der Waals surface area contributed by atoms with E-state index < -0.39 is 97.8 Å². The normalized spacial score (nSPS) is 21.0. The fourth-order valence-electron chi connectivity index (χ4n) is 7.56. The molecule has 0 bridgehead atoms. The second-order valence-electron chi connectivity index (χ2n) is 14.1. The van der Waals surface area contributed by atoms with Crippen molar-refractivity contribution in [2.75, 3.05) is 26.2 Å². The van der Waals surface area contributed by atoms with E-state index in [1.165, 1.54) is 72.8 Å². The predicted octanol–water partition coefficient (Wildman–Crippen LogP) is 7.25. The van der Waals surface area contributed by atoms with Gasteiger partial charge >= 0.3 is 24.7 Å². The van der Waals surface area contributed by atoms with Gasteiger partial charge in [0, 0.05) is 0 Å². The first-order valence-corrected chi connectivity index (χ1v) is 17.7. The molecule has 2 heterocycles. The summed E-state index contributed by atoms with van der Waals surface area (Å²) in [4.78, 5) is 0. The number of ether oxygens (including phenoxy) is 4. The molecule has 0 aliphatic carbocycles. The molecule has 6 rings (SSSR count). The zero-order chi connectivity index (χ0) is 41.2. The maximum Gasteiger partial charge on any atom is 0.416 e. The second-order valence-corrected chi connectivity index (χ2v) is 14.1. The van der Waals surface area contributed by atoms with E-state index in [2.05, 4.69) is 0 Å². The van der Waals surface area contributed by atoms with Gasteiger partial charge in [0.25, 0.3) is 0 Å². The summed E-state index contributed by atoms with van der Waals surface area (Å²) in [5, 5.41) is 0. The molecule has 4 aromatic carbocycles. The van der Waals surface area contributed by atoms with E-state index in [0.29, 0.717) is 0 Å². The number of rotatable bonds is 12. The predicted molar refractivity (Wildman–Crippen MR) is 180 cm³/mol. The first-order chi connectivity index (χ1) is 26.7. The van der Waals surface area contributed by atoms with Crippen molar-refractivity contribution in [1.29, 1.82) is 0 Å². The molecular weight excluding hydrogens is 866 g/mol. The summed E-state index contributed by atoms with van der Waals surface area (Å²) < 4.78 is 190. The van der Waals surface area contributed by atoms with E-state index in [9.17, 15) is 52.7 Å². The summed E-state index contributed by atoms with van der Waals surface area (Å²) in [6.45, 7) is -2.22. The second kappa shape index (κ2) is 17.9. The van der Waals surface area contributed by atoms with Gasteiger partial charge in [0.2, 0.25) is 0 Å². The Kier molecular flexibility index (Phi) is 14.0. The van der Waals surface area contributed by atoms with Crippen LogP contribution < -0.4 is 17.0 Å². The van der Waals surface area contributed by atoms with E-state index in [0.717, 1.165) is 24.3 Å². The Balaban J connectivity index is 0.00000641. The van der Waals surface area contributed by atoms with Gasteiger partial charge in [-0.3, -0.25) is 0 Å². The lowest BCUT2D eigenvalue weighted by molar-refractivity contribution is -0.910. The highest BCUT2D eigenvalue weighted by molar-refractivity contribution is 5.31. The van der Waals surface area contributed by atoms with Crippen LogP contribution in [0.2, 0.25) is 0 Å². The van der Waals surface area contributed by atoms with Gasteiger partial charge in [-0.25, -0.2) is 0 Å². The van der Waals surface area contributed by atoms with E-state index in [1.54, 1.807) is 0 Å². The van der Waals surface area contributed by atoms with Crippen molar-refractivity contribution < 1.29 is 93.1 Å². The quantitative estimate of drug-likeness (QED) is 0.111. The third-order valence-electron chi connectivity index (χ3n) is 10.2. The first-order valence-electron chi connectivity index (χ1n) is 17.7. The molecule has 2 fully saturated rings. The number of alkyl halides is 12. The van der Waals surface area contributed by atoms with Crippen molar-refractivity contribution in [3.05, 3.63) is 142 Å². The molecule has 0 aromatic heterocycles. The van der Waals surface area contributed by atoms with Gasteiger partial charge in [0.15, 0.2) is 0 Å². The smallest absolute Gasteiger partial charge is 0.416 e. The van der Waals surface area contributed by atoms with Crippen LogP contribution in [0.15, 0.2) is 97.1 Å². The molecule has 1 spiro atoms. The van der Waals surface area contributed by atoms with E-state index in [4.69, 9.17) is 18.9 Å². The molecule has 0 amide bonds. The van der Waals surface area contributed by atoms with Crippen molar-refractivity contribution >= 4 is 0 Å². The summed E-state index contributed by atoms with van der Waals surface area (Å²) in [6.07, 6.45) is -22.9. The van der Waals surface area contributed by atoms with Crippen molar-refractivity contribution in [1.82, 2.24) is 0 Å². The maximum atomic E-state index is 13.8. The van der Waals surface area contributed by atoms with Crippen LogP contribution in [0.1, 0.15) is 44.5 Å². The van der Waals surface area contributed by atoms with Crippen LogP contribution >= 0.6 is 0 Å². The third kappa shape index (κ3) is 10.9. The maximum absolute atomic E-state index is 13.8. The number of quaternary nitrogens is 1. The lowest BCUT2D eigenvalue weighted by atomic mass is 10.1. The Morgan fingerprint density at radius 3 is 0.741 bits per heavy atom. The standard InChI is InChI=1S/C40H36F12NO4.BrH/c41-37(42,43)29-13-5-1-9-25(29)21-54-33-17-53(18-34(33)55-22-26-10-2-6-14-30(26)38(44,45)46)19-35(56-23-27-11-3-7-15-31(27)39(47,48)49)36(20-53)57-24-28-12-4-8-16-32(28)40(50,51)52;/h1-16,33-36H,17-24H2;1H/q+1;/p-1/t33-,34-,35-,36-;/m0./s1. The molecule has 2 saturated heterocycles. The first kappa shape index (κ1) is 45.4. The minimum atomic E-state index is -4.72. The van der Waals surface area contributed by atoms with Crippen LogP contribution in [0.5, 0.6) is 0 Å². The lowest BCUT2D eigenvalue weighted by Crippen LogP contribution is -3.00. The number of hydrogen-bond acceptors (Lipinski definition) is 4. The number of nitrogens with zero attached hydrogens (tertiary/aromatic N) is 1. The Labute approximate surface area is 335 Å². The highest BCUT2D eigenvalue weighted by Crippen LogP contribution is 2.39. The molecule has 58 heavy (non-hydrogen) atoms. The summed E-state index contributed by atoms with van der Waals surface area (Å²) >= 11 is 0. The number of halogens is 13. The largest absolute Gasteiger partial charge is 1.00 e. The molecule has 4 aromatic rings. The van der Waals surface area contributed by atoms with Gasteiger partial charge in [0.05, 0.1) is 48.7 Å². The van der Waals surface area contributed by atoms with E-state index in [-0.39, 0.29) is 69.9 Å². The van der Waals surface area contributed by atoms with Gasteiger partial charge in [-0.05, 0) is 46.5 Å². The molecule has 2 aliphatic rings. The van der Waals surface area contributed by atoms with Gasteiger partial charge in [0.1, 0.15) is 50.6 Å². The molecule has 316 valence electrons. The van der Waals surface area contributed by atoms with Gasteiger partial charge in [-0.2, -0.15) is 52.7 Å². The molecule has 0 unspecified atom stereocenters. The Morgan fingerprint density at radius 1 is 0.362 bits per heavy atom. The van der Waals surface area contributed by atoms with E-state index >= 15 is 0 Å². The minimum Gasteiger partial charge on any atom is -1.00 e. The fourth-order valence-corrected chi connectivity index (χ4v) is 7.56. The lowest BCUT2D eigenvalue weighted by Gasteiger charge is -2.29. The monoisotopic (exact) mass is 901 g/mol. The summed E-state index contributed by atoms with van der Waals surface area (Å²) in [7, 11) is 0.